The van der Waals surface area contributed by atoms with Crippen molar-refractivity contribution >= 4 is 21.8 Å². The second kappa shape index (κ2) is 6.45. The number of aliphatic hydroxyl groups is 1. The standard InChI is InChI=1S/C13H18BrFN2O2/c1-13(19,8-17(2)3)7-16-12(18)9-4-10(14)6-11(15)5-9/h4-6,19H,7-8H2,1-3H3,(H,16,18). The second-order valence-electron chi connectivity index (χ2n) is 5.08. The Balaban J connectivity index is 2.65. The molecule has 1 aromatic carbocycles. The number of likely N-dealkylation sites (N-methyl/N-ethyl adjacent to an activating group) is 1. The van der Waals surface area contributed by atoms with Gasteiger partial charge in [0.25, 0.3) is 5.91 Å². The minimum absolute atomic E-state index is 0.0954. The Morgan fingerprint density at radius 1 is 1.47 bits per heavy atom. The number of benzene rings is 1. The summed E-state index contributed by atoms with van der Waals surface area (Å²) in [6, 6.07) is 3.96. The summed E-state index contributed by atoms with van der Waals surface area (Å²) in [6.07, 6.45) is 0. The molecule has 19 heavy (non-hydrogen) atoms. The zero-order valence-electron chi connectivity index (χ0n) is 11.2. The molecule has 4 nitrogen and oxygen atoms in total. The predicted octanol–water partition coefficient (Wildman–Crippen LogP) is 1.63. The van der Waals surface area contributed by atoms with Crippen LogP contribution in [0.5, 0.6) is 0 Å². The van der Waals surface area contributed by atoms with Gasteiger partial charge in [-0.25, -0.2) is 4.39 Å². The van der Waals surface area contributed by atoms with E-state index in [2.05, 4.69) is 21.2 Å². The summed E-state index contributed by atoms with van der Waals surface area (Å²) >= 11 is 3.13. The molecule has 0 aliphatic rings. The van der Waals surface area contributed by atoms with E-state index in [1.54, 1.807) is 6.92 Å². The summed E-state index contributed by atoms with van der Waals surface area (Å²) in [5.74, 6) is -0.904. The first kappa shape index (κ1) is 16.1. The van der Waals surface area contributed by atoms with Crippen molar-refractivity contribution in [3.8, 4) is 0 Å². The molecule has 106 valence electrons. The number of nitrogens with one attached hydrogen (secondary N) is 1. The fourth-order valence-electron chi connectivity index (χ4n) is 1.79. The maximum atomic E-state index is 13.2. The smallest absolute Gasteiger partial charge is 0.251 e. The summed E-state index contributed by atoms with van der Waals surface area (Å²) in [4.78, 5) is 13.7. The average molecular weight is 333 g/mol. The summed E-state index contributed by atoms with van der Waals surface area (Å²) in [5.41, 5.74) is -0.823. The molecule has 1 unspecified atom stereocenters. The maximum absolute atomic E-state index is 13.2. The van der Waals surface area contributed by atoms with Gasteiger partial charge in [0, 0.05) is 23.1 Å². The number of carbonyl (C=O) groups excluding carboxylic acids is 1. The van der Waals surface area contributed by atoms with Gasteiger partial charge in [0.1, 0.15) is 5.82 Å². The van der Waals surface area contributed by atoms with E-state index in [0.717, 1.165) is 6.07 Å². The van der Waals surface area contributed by atoms with Crippen LogP contribution in [0.25, 0.3) is 0 Å². The largest absolute Gasteiger partial charge is 0.387 e. The highest BCUT2D eigenvalue weighted by Gasteiger charge is 2.22. The molecular weight excluding hydrogens is 315 g/mol. The van der Waals surface area contributed by atoms with Crippen molar-refractivity contribution < 1.29 is 14.3 Å². The molecule has 0 fully saturated rings. The van der Waals surface area contributed by atoms with Gasteiger partial charge >= 0.3 is 0 Å². The molecule has 1 atom stereocenters. The predicted molar refractivity (Wildman–Crippen MR) is 75.6 cm³/mol. The number of hydrogen-bond donors (Lipinski definition) is 2. The lowest BCUT2D eigenvalue weighted by atomic mass is 10.1. The first-order valence-electron chi connectivity index (χ1n) is 5.81. The van der Waals surface area contributed by atoms with E-state index >= 15 is 0 Å². The first-order valence-corrected chi connectivity index (χ1v) is 6.60. The van der Waals surface area contributed by atoms with E-state index in [-0.39, 0.29) is 12.1 Å². The van der Waals surface area contributed by atoms with Crippen LogP contribution in [-0.4, -0.2) is 48.7 Å². The zero-order valence-corrected chi connectivity index (χ0v) is 12.8. The van der Waals surface area contributed by atoms with E-state index in [1.807, 2.05) is 19.0 Å². The lowest BCUT2D eigenvalue weighted by Gasteiger charge is -2.27. The number of carbonyl (C=O) groups is 1. The van der Waals surface area contributed by atoms with Crippen LogP contribution in [0, 0.1) is 5.82 Å². The van der Waals surface area contributed by atoms with E-state index in [0.29, 0.717) is 11.0 Å². The Morgan fingerprint density at radius 3 is 2.63 bits per heavy atom. The Kier molecular flexibility index (Phi) is 5.46. The Bertz CT molecular complexity index is 444. The van der Waals surface area contributed by atoms with Gasteiger partial charge in [-0.1, -0.05) is 15.9 Å². The van der Waals surface area contributed by atoms with Crippen LogP contribution in [0.3, 0.4) is 0 Å². The monoisotopic (exact) mass is 332 g/mol. The lowest BCUT2D eigenvalue weighted by Crippen LogP contribution is -2.47. The molecule has 0 spiro atoms. The molecular formula is C13H18BrFN2O2. The maximum Gasteiger partial charge on any atom is 0.251 e. The van der Waals surface area contributed by atoms with Crippen molar-refractivity contribution in [2.24, 2.45) is 0 Å². The van der Waals surface area contributed by atoms with E-state index in [1.165, 1.54) is 12.1 Å². The van der Waals surface area contributed by atoms with Crippen LogP contribution in [0.1, 0.15) is 17.3 Å². The topological polar surface area (TPSA) is 52.6 Å². The minimum Gasteiger partial charge on any atom is -0.387 e. The lowest BCUT2D eigenvalue weighted by molar-refractivity contribution is 0.0326. The van der Waals surface area contributed by atoms with Crippen molar-refractivity contribution in [1.29, 1.82) is 0 Å². The van der Waals surface area contributed by atoms with Crippen LogP contribution in [0.4, 0.5) is 4.39 Å². The summed E-state index contributed by atoms with van der Waals surface area (Å²) in [6.45, 7) is 2.15. The zero-order chi connectivity index (χ0) is 14.6. The number of hydrogen-bond acceptors (Lipinski definition) is 3. The Hall–Kier alpha value is -0.980. The molecule has 0 radical (unpaired) electrons. The summed E-state index contributed by atoms with van der Waals surface area (Å²) < 4.78 is 13.7. The highest BCUT2D eigenvalue weighted by Crippen LogP contribution is 2.15. The minimum atomic E-state index is -1.04. The van der Waals surface area contributed by atoms with Gasteiger partial charge in [0.05, 0.1) is 5.60 Å². The molecule has 1 aromatic rings. The molecule has 2 N–H and O–H groups in total. The van der Waals surface area contributed by atoms with Gasteiger partial charge in [-0.2, -0.15) is 0 Å². The van der Waals surface area contributed by atoms with Gasteiger partial charge in [0.2, 0.25) is 0 Å². The number of nitrogens with zero attached hydrogens (tertiary/aromatic N) is 1. The van der Waals surface area contributed by atoms with Crippen LogP contribution < -0.4 is 5.32 Å². The highest BCUT2D eigenvalue weighted by molar-refractivity contribution is 9.10. The fraction of sp³-hybridized carbons (Fsp3) is 0.462. The van der Waals surface area contributed by atoms with Crippen LogP contribution >= 0.6 is 15.9 Å². The average Bonchev–Trinajstić information content (AvgIpc) is 2.22. The SMILES string of the molecule is CN(C)CC(C)(O)CNC(=O)c1cc(F)cc(Br)c1. The Labute approximate surface area is 120 Å². The van der Waals surface area contributed by atoms with Gasteiger partial charge in [-0.3, -0.25) is 4.79 Å². The molecule has 0 saturated heterocycles. The third-order valence-electron chi connectivity index (χ3n) is 2.41. The van der Waals surface area contributed by atoms with Crippen LogP contribution in [0.2, 0.25) is 0 Å². The van der Waals surface area contributed by atoms with Gasteiger partial charge < -0.3 is 15.3 Å². The fourth-order valence-corrected chi connectivity index (χ4v) is 2.26. The molecule has 6 heteroatoms. The molecule has 1 rings (SSSR count). The molecule has 0 aliphatic carbocycles. The van der Waals surface area contributed by atoms with E-state index in [4.69, 9.17) is 0 Å². The van der Waals surface area contributed by atoms with Crippen molar-refractivity contribution in [3.05, 3.63) is 34.1 Å². The van der Waals surface area contributed by atoms with Crippen molar-refractivity contribution in [3.63, 3.8) is 0 Å². The van der Waals surface area contributed by atoms with E-state index < -0.39 is 17.3 Å². The van der Waals surface area contributed by atoms with Gasteiger partial charge in [-0.15, -0.1) is 0 Å². The highest BCUT2D eigenvalue weighted by atomic mass is 79.9. The second-order valence-corrected chi connectivity index (χ2v) is 5.99. The quantitative estimate of drug-likeness (QED) is 0.861. The molecule has 1 amide bonds. The normalized spacial score (nSPS) is 14.3. The van der Waals surface area contributed by atoms with Crippen molar-refractivity contribution in [2.75, 3.05) is 27.2 Å². The number of rotatable bonds is 5. The van der Waals surface area contributed by atoms with Crippen LogP contribution in [0.15, 0.2) is 22.7 Å². The number of halogens is 2. The van der Waals surface area contributed by atoms with Crippen LogP contribution in [-0.2, 0) is 0 Å². The van der Waals surface area contributed by atoms with Gasteiger partial charge in [-0.05, 0) is 39.2 Å². The van der Waals surface area contributed by atoms with Crippen molar-refractivity contribution in [1.82, 2.24) is 10.2 Å². The van der Waals surface area contributed by atoms with Gasteiger partial charge in [0.15, 0.2) is 0 Å². The molecule has 0 bridgehead atoms. The van der Waals surface area contributed by atoms with E-state index in [9.17, 15) is 14.3 Å². The molecule has 0 saturated carbocycles. The molecule has 0 heterocycles. The summed E-state index contributed by atoms with van der Waals surface area (Å²) in [5, 5.41) is 12.6. The molecule has 0 aliphatic heterocycles. The number of amides is 1. The van der Waals surface area contributed by atoms with Crippen molar-refractivity contribution in [2.45, 2.75) is 12.5 Å². The third kappa shape index (κ3) is 5.67. The summed E-state index contributed by atoms with van der Waals surface area (Å²) in [7, 11) is 3.67. The first-order chi connectivity index (χ1) is 8.69. The Morgan fingerprint density at radius 2 is 2.11 bits per heavy atom. The molecule has 0 aromatic heterocycles. The third-order valence-corrected chi connectivity index (χ3v) is 2.87.